The largest absolute Gasteiger partial charge is 0.492 e. The van der Waals surface area contributed by atoms with Crippen molar-refractivity contribution in [3.8, 4) is 17.0 Å². The van der Waals surface area contributed by atoms with E-state index >= 15 is 4.39 Å². The number of pyridine rings is 2. The van der Waals surface area contributed by atoms with Gasteiger partial charge in [-0.3, -0.25) is 9.88 Å². The summed E-state index contributed by atoms with van der Waals surface area (Å²) in [4.78, 5) is 22.8. The van der Waals surface area contributed by atoms with E-state index in [1.54, 1.807) is 30.7 Å². The van der Waals surface area contributed by atoms with E-state index in [2.05, 4.69) is 35.4 Å². The molecule has 202 valence electrons. The number of fused-ring (bicyclic) bond motifs is 1. The lowest BCUT2D eigenvalue weighted by Gasteiger charge is -2.28. The second-order valence-corrected chi connectivity index (χ2v) is 9.50. The smallest absolute Gasteiger partial charge is 0.227 e. The van der Waals surface area contributed by atoms with Crippen LogP contribution in [0.4, 0.5) is 21.8 Å². The van der Waals surface area contributed by atoms with Crippen molar-refractivity contribution in [2.75, 3.05) is 75.9 Å². The minimum Gasteiger partial charge on any atom is -0.492 e. The van der Waals surface area contributed by atoms with Crippen molar-refractivity contribution in [3.05, 3.63) is 60.8 Å². The van der Waals surface area contributed by atoms with E-state index in [1.807, 2.05) is 18.2 Å². The average Bonchev–Trinajstić information content (AvgIpc) is 2.99. The molecule has 6 rings (SSSR count). The summed E-state index contributed by atoms with van der Waals surface area (Å²) >= 11 is 0. The van der Waals surface area contributed by atoms with Gasteiger partial charge in [-0.15, -0.1) is 0 Å². The molecule has 3 aromatic heterocycles. The molecule has 0 amide bonds. The molecule has 0 aliphatic carbocycles. The van der Waals surface area contributed by atoms with Crippen LogP contribution in [0.1, 0.15) is 0 Å². The standard InChI is InChI=1S/C28H31FN8O2/c29-24-3-2-22(39-16-13-36-11-14-38-15-12-36)17-23(24)27-26-20(5-6-31-27)18-33-28(35-26)34-21-1-4-25(32-19-21)37-9-7-30-8-10-37/h1-6,17-19,30H,7-16H2,(H,33,34,35). The number of nitrogens with one attached hydrogen (secondary N) is 2. The van der Waals surface area contributed by atoms with E-state index < -0.39 is 5.82 Å². The molecular weight excluding hydrogens is 499 g/mol. The number of nitrogens with zero attached hydrogens (tertiary/aromatic N) is 6. The summed E-state index contributed by atoms with van der Waals surface area (Å²) in [5.41, 5.74) is 2.07. The highest BCUT2D eigenvalue weighted by Gasteiger charge is 2.16. The normalized spacial score (nSPS) is 16.4. The summed E-state index contributed by atoms with van der Waals surface area (Å²) in [7, 11) is 0. The molecule has 10 nitrogen and oxygen atoms in total. The number of morpholine rings is 1. The number of hydrogen-bond donors (Lipinski definition) is 2. The van der Waals surface area contributed by atoms with Gasteiger partial charge in [0, 0.05) is 69.2 Å². The molecule has 2 fully saturated rings. The molecule has 0 bridgehead atoms. The highest BCUT2D eigenvalue weighted by molar-refractivity contribution is 5.91. The molecule has 0 spiro atoms. The Morgan fingerprint density at radius 3 is 2.67 bits per heavy atom. The minimum absolute atomic E-state index is 0.330. The zero-order valence-electron chi connectivity index (χ0n) is 21.6. The Bertz CT molecular complexity index is 1410. The van der Waals surface area contributed by atoms with Crippen molar-refractivity contribution in [1.82, 2.24) is 30.2 Å². The number of halogens is 1. The average molecular weight is 531 g/mol. The molecular formula is C28H31FN8O2. The zero-order chi connectivity index (χ0) is 26.4. The number of anilines is 3. The topological polar surface area (TPSA) is 101 Å². The minimum atomic E-state index is -0.392. The number of hydrogen-bond acceptors (Lipinski definition) is 10. The van der Waals surface area contributed by atoms with Crippen LogP contribution in [0.3, 0.4) is 0 Å². The van der Waals surface area contributed by atoms with E-state index in [0.717, 1.165) is 75.9 Å². The van der Waals surface area contributed by atoms with E-state index in [1.165, 1.54) is 6.07 Å². The maximum atomic E-state index is 15.0. The molecule has 2 aliphatic rings. The molecule has 0 radical (unpaired) electrons. The van der Waals surface area contributed by atoms with Gasteiger partial charge in [0.25, 0.3) is 0 Å². The number of ether oxygens (including phenoxy) is 2. The van der Waals surface area contributed by atoms with Crippen LogP contribution in [0.25, 0.3) is 22.2 Å². The van der Waals surface area contributed by atoms with Gasteiger partial charge < -0.3 is 25.0 Å². The van der Waals surface area contributed by atoms with Crippen molar-refractivity contribution < 1.29 is 13.9 Å². The lowest BCUT2D eigenvalue weighted by Crippen LogP contribution is -2.43. The van der Waals surface area contributed by atoms with Gasteiger partial charge in [-0.25, -0.2) is 19.3 Å². The number of aromatic nitrogens is 4. The Kier molecular flexibility index (Phi) is 7.70. The second-order valence-electron chi connectivity index (χ2n) is 9.50. The number of piperazine rings is 1. The Morgan fingerprint density at radius 2 is 1.85 bits per heavy atom. The van der Waals surface area contributed by atoms with Crippen molar-refractivity contribution in [3.63, 3.8) is 0 Å². The van der Waals surface area contributed by atoms with Gasteiger partial charge in [0.1, 0.15) is 29.5 Å². The fourth-order valence-corrected chi connectivity index (χ4v) is 4.78. The molecule has 0 unspecified atom stereocenters. The van der Waals surface area contributed by atoms with Gasteiger partial charge >= 0.3 is 0 Å². The van der Waals surface area contributed by atoms with Crippen molar-refractivity contribution in [1.29, 1.82) is 0 Å². The fourth-order valence-electron chi connectivity index (χ4n) is 4.78. The first-order chi connectivity index (χ1) is 19.2. The highest BCUT2D eigenvalue weighted by Crippen LogP contribution is 2.31. The molecule has 1 aromatic carbocycles. The van der Waals surface area contributed by atoms with E-state index in [4.69, 9.17) is 14.5 Å². The fraction of sp³-hybridized carbons (Fsp3) is 0.357. The predicted octanol–water partition coefficient (Wildman–Crippen LogP) is 3.09. The Hall–Kier alpha value is -3.93. The van der Waals surface area contributed by atoms with Gasteiger partial charge in [0.2, 0.25) is 5.95 Å². The predicted molar refractivity (Wildman–Crippen MR) is 148 cm³/mol. The first kappa shape index (κ1) is 25.4. The summed E-state index contributed by atoms with van der Waals surface area (Å²) in [5, 5.41) is 7.32. The molecule has 11 heteroatoms. The lowest BCUT2D eigenvalue weighted by molar-refractivity contribution is 0.0322. The lowest BCUT2D eigenvalue weighted by atomic mass is 10.1. The molecule has 0 atom stereocenters. The highest BCUT2D eigenvalue weighted by atomic mass is 19.1. The summed E-state index contributed by atoms with van der Waals surface area (Å²) in [6.07, 6.45) is 5.11. The summed E-state index contributed by atoms with van der Waals surface area (Å²) in [5.74, 6) is 1.51. The van der Waals surface area contributed by atoms with Crippen LogP contribution >= 0.6 is 0 Å². The van der Waals surface area contributed by atoms with Gasteiger partial charge in [-0.2, -0.15) is 0 Å². The quantitative estimate of drug-likeness (QED) is 0.354. The number of rotatable bonds is 8. The van der Waals surface area contributed by atoms with Gasteiger partial charge in [-0.05, 0) is 36.4 Å². The van der Waals surface area contributed by atoms with Crippen LogP contribution in [0, 0.1) is 5.82 Å². The Morgan fingerprint density at radius 1 is 0.974 bits per heavy atom. The summed E-state index contributed by atoms with van der Waals surface area (Å²) in [6, 6.07) is 10.5. The van der Waals surface area contributed by atoms with Crippen molar-refractivity contribution in [2.24, 2.45) is 0 Å². The third-order valence-corrected chi connectivity index (χ3v) is 6.92. The van der Waals surface area contributed by atoms with Gasteiger partial charge in [0.15, 0.2) is 0 Å². The van der Waals surface area contributed by atoms with E-state index in [9.17, 15) is 0 Å². The molecule has 2 N–H and O–H groups in total. The van der Waals surface area contributed by atoms with Crippen molar-refractivity contribution >= 4 is 28.4 Å². The monoisotopic (exact) mass is 530 g/mol. The molecule has 2 aliphatic heterocycles. The van der Waals surface area contributed by atoms with E-state index in [-0.39, 0.29) is 0 Å². The molecule has 39 heavy (non-hydrogen) atoms. The van der Waals surface area contributed by atoms with Crippen LogP contribution in [0.5, 0.6) is 5.75 Å². The summed E-state index contributed by atoms with van der Waals surface area (Å²) in [6.45, 7) is 8.32. The van der Waals surface area contributed by atoms with Crippen LogP contribution < -0.4 is 20.3 Å². The van der Waals surface area contributed by atoms with Gasteiger partial charge in [0.05, 0.1) is 30.8 Å². The van der Waals surface area contributed by atoms with Crippen LogP contribution in [0.15, 0.2) is 55.0 Å². The molecule has 0 saturated carbocycles. The maximum Gasteiger partial charge on any atom is 0.227 e. The first-order valence-electron chi connectivity index (χ1n) is 13.3. The second kappa shape index (κ2) is 11.9. The first-order valence-corrected chi connectivity index (χ1v) is 13.3. The third-order valence-electron chi connectivity index (χ3n) is 6.92. The van der Waals surface area contributed by atoms with Crippen LogP contribution in [0.2, 0.25) is 0 Å². The van der Waals surface area contributed by atoms with Gasteiger partial charge in [-0.1, -0.05) is 0 Å². The van der Waals surface area contributed by atoms with Crippen LogP contribution in [-0.2, 0) is 4.74 Å². The molecule has 4 aromatic rings. The SMILES string of the molecule is Fc1ccc(OCCN2CCOCC2)cc1-c1nccc2cnc(Nc3ccc(N4CCNCC4)nc3)nc12. The Labute approximate surface area is 226 Å². The maximum absolute atomic E-state index is 15.0. The van der Waals surface area contributed by atoms with E-state index in [0.29, 0.717) is 35.1 Å². The molecule has 2 saturated heterocycles. The zero-order valence-corrected chi connectivity index (χ0v) is 21.6. The Balaban J connectivity index is 1.20. The van der Waals surface area contributed by atoms with Crippen LogP contribution in [-0.4, -0.2) is 90.5 Å². The molecule has 5 heterocycles. The summed E-state index contributed by atoms with van der Waals surface area (Å²) < 4.78 is 26.4. The third kappa shape index (κ3) is 6.06. The van der Waals surface area contributed by atoms with Crippen molar-refractivity contribution in [2.45, 2.75) is 0 Å². The number of benzene rings is 1.